The van der Waals surface area contributed by atoms with Crippen molar-refractivity contribution in [1.82, 2.24) is 10.1 Å². The van der Waals surface area contributed by atoms with Gasteiger partial charge in [-0.15, -0.1) is 0 Å². The third-order valence-corrected chi connectivity index (χ3v) is 14.1. The molecular formula is C34H52N2O6Si. The summed E-state index contributed by atoms with van der Waals surface area (Å²) in [5.74, 6) is 0.151. The maximum absolute atomic E-state index is 12.5. The summed E-state index contributed by atoms with van der Waals surface area (Å²) < 4.78 is 7.21. The highest BCUT2D eigenvalue weighted by atomic mass is 28.4. The number of hydrogen-bond donors (Lipinski definition) is 1. The normalized spacial score (nSPS) is 22.6. The number of amides is 2. The SMILES string of the molecule is CON(C)C(=O)C1CCC(O)CC1.CON(C)C(=O)C1CCC(O[Si](c2ccccc2)(c2ccccc2)C(C)(C)C)CC1. The van der Waals surface area contributed by atoms with Crippen LogP contribution in [0.5, 0.6) is 0 Å². The lowest BCUT2D eigenvalue weighted by molar-refractivity contribution is -0.175. The maximum atomic E-state index is 12.5. The molecule has 2 fully saturated rings. The van der Waals surface area contributed by atoms with E-state index in [0.29, 0.717) is 0 Å². The van der Waals surface area contributed by atoms with Crippen molar-refractivity contribution in [2.45, 2.75) is 89.4 Å². The van der Waals surface area contributed by atoms with Crippen LogP contribution in [0, 0.1) is 11.8 Å². The highest BCUT2D eigenvalue weighted by Crippen LogP contribution is 2.40. The van der Waals surface area contributed by atoms with Gasteiger partial charge >= 0.3 is 0 Å². The number of aliphatic hydroxyl groups is 1. The van der Waals surface area contributed by atoms with Gasteiger partial charge in [-0.1, -0.05) is 81.4 Å². The molecule has 2 aliphatic carbocycles. The largest absolute Gasteiger partial charge is 0.404 e. The van der Waals surface area contributed by atoms with Crippen LogP contribution in [0.25, 0.3) is 0 Å². The van der Waals surface area contributed by atoms with Crippen molar-refractivity contribution < 1.29 is 28.8 Å². The summed E-state index contributed by atoms with van der Waals surface area (Å²) in [5, 5.41) is 14.5. The van der Waals surface area contributed by atoms with E-state index in [0.717, 1.165) is 51.4 Å². The molecule has 0 aromatic heterocycles. The molecule has 0 aliphatic heterocycles. The van der Waals surface area contributed by atoms with Crippen LogP contribution in [-0.4, -0.2) is 75.9 Å². The lowest BCUT2D eigenvalue weighted by Gasteiger charge is -2.46. The molecule has 2 saturated carbocycles. The van der Waals surface area contributed by atoms with Crippen LogP contribution in [0.3, 0.4) is 0 Å². The third-order valence-electron chi connectivity index (χ3n) is 9.00. The van der Waals surface area contributed by atoms with Crippen molar-refractivity contribution in [2.24, 2.45) is 11.8 Å². The average Bonchev–Trinajstić information content (AvgIpc) is 3.03. The first-order valence-electron chi connectivity index (χ1n) is 15.5. The first-order chi connectivity index (χ1) is 20.4. The molecule has 0 unspecified atom stereocenters. The molecule has 238 valence electrons. The Bertz CT molecular complexity index is 1090. The monoisotopic (exact) mass is 612 g/mol. The van der Waals surface area contributed by atoms with Gasteiger partial charge in [0.25, 0.3) is 8.32 Å². The average molecular weight is 613 g/mol. The third kappa shape index (κ3) is 8.76. The Morgan fingerprint density at radius 3 is 1.42 bits per heavy atom. The Morgan fingerprint density at radius 2 is 1.07 bits per heavy atom. The molecule has 2 aromatic carbocycles. The van der Waals surface area contributed by atoms with Crippen LogP contribution < -0.4 is 10.4 Å². The van der Waals surface area contributed by atoms with Gasteiger partial charge in [0.15, 0.2) is 0 Å². The van der Waals surface area contributed by atoms with E-state index in [9.17, 15) is 14.7 Å². The molecule has 2 amide bonds. The van der Waals surface area contributed by atoms with Crippen molar-refractivity contribution in [3.8, 4) is 0 Å². The molecule has 4 rings (SSSR count). The Hall–Kier alpha value is -2.56. The summed E-state index contributed by atoms with van der Waals surface area (Å²) in [4.78, 5) is 34.0. The first kappa shape index (κ1) is 34.9. The Kier molecular flexibility index (Phi) is 13.0. The van der Waals surface area contributed by atoms with Crippen LogP contribution in [0.4, 0.5) is 0 Å². The lowest BCUT2D eigenvalue weighted by atomic mass is 9.87. The van der Waals surface area contributed by atoms with Gasteiger partial charge in [-0.05, 0) is 66.8 Å². The minimum atomic E-state index is -2.53. The lowest BCUT2D eigenvalue weighted by Crippen LogP contribution is -2.67. The van der Waals surface area contributed by atoms with Crippen LogP contribution >= 0.6 is 0 Å². The summed E-state index contributed by atoms with van der Waals surface area (Å²) in [6, 6.07) is 21.5. The van der Waals surface area contributed by atoms with E-state index in [-0.39, 0.29) is 40.9 Å². The number of hydrogen-bond acceptors (Lipinski definition) is 6. The van der Waals surface area contributed by atoms with E-state index in [1.54, 1.807) is 14.1 Å². The fourth-order valence-corrected chi connectivity index (χ4v) is 11.1. The summed E-state index contributed by atoms with van der Waals surface area (Å²) >= 11 is 0. The second kappa shape index (κ2) is 16.0. The molecule has 2 aliphatic rings. The molecule has 0 atom stereocenters. The van der Waals surface area contributed by atoms with E-state index in [1.807, 2.05) is 0 Å². The minimum absolute atomic E-state index is 0.0222. The summed E-state index contributed by atoms with van der Waals surface area (Å²) in [7, 11) is 3.79. The topological polar surface area (TPSA) is 88.5 Å². The molecule has 0 spiro atoms. The van der Waals surface area contributed by atoms with Crippen LogP contribution in [0.15, 0.2) is 60.7 Å². The number of aliphatic hydroxyl groups excluding tert-OH is 1. The van der Waals surface area contributed by atoms with Gasteiger partial charge in [0.1, 0.15) is 0 Å². The number of hydroxylamine groups is 4. The van der Waals surface area contributed by atoms with Gasteiger partial charge in [-0.25, -0.2) is 10.1 Å². The van der Waals surface area contributed by atoms with E-state index < -0.39 is 8.32 Å². The van der Waals surface area contributed by atoms with Gasteiger partial charge in [0.2, 0.25) is 11.8 Å². The first-order valence-corrected chi connectivity index (χ1v) is 17.5. The van der Waals surface area contributed by atoms with Gasteiger partial charge in [0.05, 0.1) is 20.3 Å². The standard InChI is InChI=1S/C25H35NO3Si.C9H17NO3/c1-25(2,3)30(22-12-8-6-9-13-22,23-14-10-7-11-15-23)29-21-18-16-20(17-19-21)24(27)26(4)28-5;1-10(13-2)9(12)7-3-5-8(11)6-4-7/h6-15,20-21H,16-19H2,1-5H3;7-8,11H,3-6H2,1-2H3. The molecule has 0 saturated heterocycles. The predicted octanol–water partition coefficient (Wildman–Crippen LogP) is 4.70. The molecule has 0 heterocycles. The fourth-order valence-electron chi connectivity index (χ4n) is 6.39. The minimum Gasteiger partial charge on any atom is -0.404 e. The van der Waals surface area contributed by atoms with Crippen LogP contribution in [0.2, 0.25) is 5.04 Å². The molecule has 1 N–H and O–H groups in total. The number of benzene rings is 2. The van der Waals surface area contributed by atoms with Gasteiger partial charge in [-0.3, -0.25) is 19.3 Å². The van der Waals surface area contributed by atoms with Gasteiger partial charge in [-0.2, -0.15) is 0 Å². The molecule has 2 aromatic rings. The van der Waals surface area contributed by atoms with Crippen molar-refractivity contribution in [3.05, 3.63) is 60.7 Å². The van der Waals surface area contributed by atoms with Crippen molar-refractivity contribution >= 4 is 30.5 Å². The summed E-state index contributed by atoms with van der Waals surface area (Å²) in [5.41, 5.74) is 0. The highest BCUT2D eigenvalue weighted by Gasteiger charge is 2.51. The zero-order valence-electron chi connectivity index (χ0n) is 27.1. The summed E-state index contributed by atoms with van der Waals surface area (Å²) in [6.07, 6.45) is 6.44. The number of carbonyl (C=O) groups excluding carboxylic acids is 2. The second-order valence-corrected chi connectivity index (χ2v) is 17.0. The molecular weight excluding hydrogens is 560 g/mol. The van der Waals surface area contributed by atoms with E-state index in [1.165, 1.54) is 34.7 Å². The Balaban J connectivity index is 0.000000326. The smallest absolute Gasteiger partial charge is 0.261 e. The number of carbonyl (C=O) groups is 2. The zero-order chi connectivity index (χ0) is 31.6. The zero-order valence-corrected chi connectivity index (χ0v) is 28.1. The van der Waals surface area contributed by atoms with E-state index >= 15 is 0 Å². The highest BCUT2D eigenvalue weighted by molar-refractivity contribution is 6.99. The molecule has 43 heavy (non-hydrogen) atoms. The Labute approximate surface area is 259 Å². The van der Waals surface area contributed by atoms with Gasteiger partial charge < -0.3 is 9.53 Å². The van der Waals surface area contributed by atoms with Crippen molar-refractivity contribution in [1.29, 1.82) is 0 Å². The number of nitrogens with zero attached hydrogens (tertiary/aromatic N) is 2. The Morgan fingerprint density at radius 1 is 0.698 bits per heavy atom. The molecule has 0 bridgehead atoms. The fraction of sp³-hybridized carbons (Fsp3) is 0.588. The molecule has 8 nitrogen and oxygen atoms in total. The van der Waals surface area contributed by atoms with Gasteiger partial charge in [0, 0.05) is 32.0 Å². The molecule has 9 heteroatoms. The van der Waals surface area contributed by atoms with E-state index in [4.69, 9.17) is 14.1 Å². The quantitative estimate of drug-likeness (QED) is 0.344. The summed E-state index contributed by atoms with van der Waals surface area (Å²) in [6.45, 7) is 6.92. The molecule has 0 radical (unpaired) electrons. The van der Waals surface area contributed by atoms with Crippen LogP contribution in [-0.2, 0) is 23.7 Å². The maximum Gasteiger partial charge on any atom is 0.261 e. The van der Waals surface area contributed by atoms with Crippen molar-refractivity contribution in [3.63, 3.8) is 0 Å². The predicted molar refractivity (Wildman–Crippen MR) is 172 cm³/mol. The second-order valence-electron chi connectivity index (χ2n) is 12.8. The van der Waals surface area contributed by atoms with E-state index in [2.05, 4.69) is 81.4 Å². The van der Waals surface area contributed by atoms with Crippen molar-refractivity contribution in [2.75, 3.05) is 28.3 Å². The van der Waals surface area contributed by atoms with Crippen LogP contribution in [0.1, 0.15) is 72.1 Å². The number of rotatable bonds is 8.